The molecule has 9 heteroatoms. The van der Waals surface area contributed by atoms with Crippen LogP contribution >= 0.6 is 34.4 Å². The fraction of sp³-hybridized carbons (Fsp3) is 0.208. The summed E-state index contributed by atoms with van der Waals surface area (Å²) in [7, 11) is 3.25. The number of thioether (sulfide) groups is 1. The van der Waals surface area contributed by atoms with Gasteiger partial charge in [-0.25, -0.2) is 9.79 Å². The zero-order chi connectivity index (χ0) is 24.0. The predicted molar refractivity (Wildman–Crippen MR) is 139 cm³/mol. The summed E-state index contributed by atoms with van der Waals surface area (Å²) in [5.41, 5.74) is 1.90. The Bertz CT molecular complexity index is 1130. The molecule has 0 bridgehead atoms. The number of amidine groups is 1. The van der Waals surface area contributed by atoms with Crippen molar-refractivity contribution in [3.63, 3.8) is 0 Å². The van der Waals surface area contributed by atoms with Gasteiger partial charge in [-0.1, -0.05) is 12.7 Å². The van der Waals surface area contributed by atoms with Gasteiger partial charge >= 0.3 is 5.97 Å². The third-order valence-corrected chi connectivity index (χ3v) is 6.36. The van der Waals surface area contributed by atoms with Crippen LogP contribution in [0.15, 0.2) is 59.0 Å². The van der Waals surface area contributed by atoms with Gasteiger partial charge < -0.3 is 14.2 Å². The first-order valence-corrected chi connectivity index (χ1v) is 11.9. The maximum absolute atomic E-state index is 12.8. The Labute approximate surface area is 210 Å². The molecule has 1 aliphatic heterocycles. The molecule has 2 aromatic carbocycles. The number of aliphatic imine (C=N–C) groups is 1. The third kappa shape index (κ3) is 5.97. The Balaban J connectivity index is 1.84. The highest BCUT2D eigenvalue weighted by Gasteiger charge is 2.30. The summed E-state index contributed by atoms with van der Waals surface area (Å²) in [5, 5.41) is 0.544. The van der Waals surface area contributed by atoms with Crippen LogP contribution in [0.25, 0.3) is 6.08 Å². The molecule has 0 aromatic heterocycles. The van der Waals surface area contributed by atoms with Crippen molar-refractivity contribution in [1.29, 1.82) is 0 Å². The molecule has 0 aliphatic carbocycles. The summed E-state index contributed by atoms with van der Waals surface area (Å²) in [4.78, 5) is 31.2. The van der Waals surface area contributed by atoms with Crippen LogP contribution in [0.3, 0.4) is 0 Å². The van der Waals surface area contributed by atoms with Crippen LogP contribution < -0.4 is 9.47 Å². The molecule has 33 heavy (non-hydrogen) atoms. The van der Waals surface area contributed by atoms with Gasteiger partial charge in [0.15, 0.2) is 16.7 Å². The Kier molecular flexibility index (Phi) is 8.56. The van der Waals surface area contributed by atoms with Gasteiger partial charge in [0.2, 0.25) is 0 Å². The fourth-order valence-electron chi connectivity index (χ4n) is 2.91. The van der Waals surface area contributed by atoms with Crippen LogP contribution in [-0.2, 0) is 9.53 Å². The van der Waals surface area contributed by atoms with Crippen LogP contribution in [-0.4, -0.2) is 49.3 Å². The van der Waals surface area contributed by atoms with E-state index >= 15 is 0 Å². The average Bonchev–Trinajstić information content (AvgIpc) is 3.06. The second-order valence-electron chi connectivity index (χ2n) is 6.77. The van der Waals surface area contributed by atoms with Crippen molar-refractivity contribution < 1.29 is 23.8 Å². The smallest absolute Gasteiger partial charge is 0.338 e. The van der Waals surface area contributed by atoms with Gasteiger partial charge in [-0.2, -0.15) is 0 Å². The molecule has 0 N–H and O–H groups in total. The normalized spacial score (nSPS) is 15.8. The van der Waals surface area contributed by atoms with Crippen LogP contribution in [0, 0.1) is 3.57 Å². The van der Waals surface area contributed by atoms with Gasteiger partial charge in [0.25, 0.3) is 5.91 Å². The molecule has 3 rings (SSSR count). The number of methoxy groups -OCH3 is 1. The number of hydrogen-bond donors (Lipinski definition) is 0. The molecule has 0 unspecified atom stereocenters. The molecule has 0 saturated carbocycles. The number of esters is 1. The van der Waals surface area contributed by atoms with E-state index in [1.54, 1.807) is 57.5 Å². The number of nitrogens with zero attached hydrogens (tertiary/aromatic N) is 2. The fourth-order valence-corrected chi connectivity index (χ4v) is 4.67. The van der Waals surface area contributed by atoms with Crippen LogP contribution in [0.4, 0.5) is 5.69 Å². The van der Waals surface area contributed by atoms with Crippen molar-refractivity contribution in [2.45, 2.75) is 6.92 Å². The van der Waals surface area contributed by atoms with Gasteiger partial charge in [0, 0.05) is 7.05 Å². The summed E-state index contributed by atoms with van der Waals surface area (Å²) in [6, 6.07) is 10.5. The highest BCUT2D eigenvalue weighted by Crippen LogP contribution is 2.37. The molecule has 1 saturated heterocycles. The maximum Gasteiger partial charge on any atom is 0.338 e. The molecule has 0 atom stereocenters. The van der Waals surface area contributed by atoms with E-state index in [0.717, 1.165) is 9.13 Å². The first kappa shape index (κ1) is 24.8. The van der Waals surface area contributed by atoms with Gasteiger partial charge in [0.1, 0.15) is 6.61 Å². The monoisotopic (exact) mass is 578 g/mol. The van der Waals surface area contributed by atoms with Gasteiger partial charge in [-0.3, -0.25) is 9.69 Å². The number of rotatable bonds is 8. The van der Waals surface area contributed by atoms with E-state index in [0.29, 0.717) is 46.0 Å². The minimum absolute atomic E-state index is 0.150. The molecule has 1 amide bonds. The lowest BCUT2D eigenvalue weighted by atomic mass is 10.2. The van der Waals surface area contributed by atoms with Crippen LogP contribution in [0.5, 0.6) is 11.5 Å². The Hall–Kier alpha value is -2.79. The average molecular weight is 578 g/mol. The number of amides is 1. The van der Waals surface area contributed by atoms with E-state index in [9.17, 15) is 9.59 Å². The van der Waals surface area contributed by atoms with Crippen molar-refractivity contribution in [3.8, 4) is 11.5 Å². The summed E-state index contributed by atoms with van der Waals surface area (Å²) in [6.07, 6.45) is 3.47. The number of carbonyl (C=O) groups excluding carboxylic acids is 2. The molecule has 0 spiro atoms. The molecule has 1 heterocycles. The second-order valence-corrected chi connectivity index (χ2v) is 8.94. The molecule has 172 valence electrons. The first-order chi connectivity index (χ1) is 15.9. The number of likely N-dealkylation sites (N-methyl/N-ethyl adjacent to an activating group) is 1. The van der Waals surface area contributed by atoms with E-state index in [-0.39, 0.29) is 11.9 Å². The topological polar surface area (TPSA) is 77.4 Å². The Morgan fingerprint density at radius 3 is 2.64 bits per heavy atom. The predicted octanol–water partition coefficient (Wildman–Crippen LogP) is 5.28. The Morgan fingerprint density at radius 2 is 2.00 bits per heavy atom. The first-order valence-electron chi connectivity index (χ1n) is 10.0. The number of carbonyl (C=O) groups is 2. The van der Waals surface area contributed by atoms with E-state index < -0.39 is 0 Å². The maximum atomic E-state index is 12.8. The molecule has 7 nitrogen and oxygen atoms in total. The second kappa shape index (κ2) is 11.4. The lowest BCUT2D eigenvalue weighted by Gasteiger charge is -2.12. The highest BCUT2D eigenvalue weighted by molar-refractivity contribution is 14.1. The number of ether oxygens (including phenoxy) is 3. The lowest BCUT2D eigenvalue weighted by Crippen LogP contribution is -2.23. The van der Waals surface area contributed by atoms with Crippen molar-refractivity contribution in [3.05, 3.63) is 68.7 Å². The van der Waals surface area contributed by atoms with Gasteiger partial charge in [-0.05, 0) is 89.3 Å². The van der Waals surface area contributed by atoms with Gasteiger partial charge in [-0.15, -0.1) is 0 Å². The molecule has 1 fully saturated rings. The largest absolute Gasteiger partial charge is 0.493 e. The quantitative estimate of drug-likeness (QED) is 0.184. The summed E-state index contributed by atoms with van der Waals surface area (Å²) < 4.78 is 17.0. The SMILES string of the molecule is C=CCOc1c(I)cc(/C=C2\SC(=Nc3ccc(C(=O)OCC)cc3)N(C)C2=O)cc1OC. The minimum atomic E-state index is -0.379. The molecule has 0 radical (unpaired) electrons. The van der Waals surface area contributed by atoms with Crippen LogP contribution in [0.1, 0.15) is 22.8 Å². The standard InChI is InChI=1S/C24H23IN2O5S/c1-5-11-32-21-18(25)12-15(13-19(21)30-4)14-20-22(28)27(3)24(33-20)26-17-9-7-16(8-10-17)23(29)31-6-2/h5,7-10,12-14H,1,6,11H2,2-4H3/b20-14-,26-24?. The van der Waals surface area contributed by atoms with E-state index in [4.69, 9.17) is 14.2 Å². The third-order valence-electron chi connectivity index (χ3n) is 4.50. The van der Waals surface area contributed by atoms with E-state index in [1.165, 1.54) is 16.7 Å². The van der Waals surface area contributed by atoms with Crippen molar-refractivity contribution >= 4 is 63.2 Å². The zero-order valence-corrected chi connectivity index (χ0v) is 21.4. The van der Waals surface area contributed by atoms with Gasteiger partial charge in [0.05, 0.1) is 33.4 Å². The number of halogens is 1. The summed E-state index contributed by atoms with van der Waals surface area (Å²) in [5.74, 6) is 0.685. The minimum Gasteiger partial charge on any atom is -0.493 e. The van der Waals surface area contributed by atoms with E-state index in [1.807, 2.05) is 12.1 Å². The number of hydrogen-bond acceptors (Lipinski definition) is 7. The lowest BCUT2D eigenvalue weighted by molar-refractivity contribution is -0.121. The van der Waals surface area contributed by atoms with Crippen molar-refractivity contribution in [2.24, 2.45) is 4.99 Å². The molecule has 2 aromatic rings. The molecular weight excluding hydrogens is 555 g/mol. The van der Waals surface area contributed by atoms with Crippen molar-refractivity contribution in [2.75, 3.05) is 27.4 Å². The molecular formula is C24H23IN2O5S. The molecule has 1 aliphatic rings. The zero-order valence-electron chi connectivity index (χ0n) is 18.5. The van der Waals surface area contributed by atoms with Crippen LogP contribution in [0.2, 0.25) is 0 Å². The summed E-state index contributed by atoms with van der Waals surface area (Å²) >= 11 is 3.46. The Morgan fingerprint density at radius 1 is 1.27 bits per heavy atom. The highest BCUT2D eigenvalue weighted by atomic mass is 127. The summed E-state index contributed by atoms with van der Waals surface area (Å²) in [6.45, 7) is 6.11. The van der Waals surface area contributed by atoms with E-state index in [2.05, 4.69) is 34.2 Å². The van der Waals surface area contributed by atoms with Crippen molar-refractivity contribution in [1.82, 2.24) is 4.90 Å². The number of benzene rings is 2.